The van der Waals surface area contributed by atoms with Crippen molar-refractivity contribution in [3.05, 3.63) is 75.0 Å². The zero-order valence-corrected chi connectivity index (χ0v) is 25.0. The van der Waals surface area contributed by atoms with Crippen LogP contribution < -0.4 is 14.4 Å². The summed E-state index contributed by atoms with van der Waals surface area (Å²) < 4.78 is 32.9. The van der Waals surface area contributed by atoms with Crippen molar-refractivity contribution in [2.75, 3.05) is 58.1 Å². The minimum absolute atomic E-state index is 0.0231. The smallest absolute Gasteiger partial charge is 0.337 e. The number of carbonyl (C=O) groups is 2. The summed E-state index contributed by atoms with van der Waals surface area (Å²) in [5.41, 5.74) is 1.76. The number of rotatable bonds is 6. The molecule has 43 heavy (non-hydrogen) atoms. The molecule has 3 aliphatic rings. The monoisotopic (exact) mass is 629 g/mol. The van der Waals surface area contributed by atoms with Gasteiger partial charge in [-0.2, -0.15) is 0 Å². The SMILES string of the molecule is CN1CC[C@@H](Oc2cc(Cl)c(C(=O)N3COc4c(cccc4-c4cc(N5CCOCC5)c(C(=O)O)cc4F)C3)c(Cl)c2)C1. The third kappa shape index (κ3) is 5.97. The highest BCUT2D eigenvalue weighted by atomic mass is 35.5. The highest BCUT2D eigenvalue weighted by Crippen LogP contribution is 2.41. The van der Waals surface area contributed by atoms with Gasteiger partial charge in [0.15, 0.2) is 6.73 Å². The summed E-state index contributed by atoms with van der Waals surface area (Å²) >= 11 is 13.1. The molecule has 1 atom stereocenters. The Balaban J connectivity index is 1.26. The van der Waals surface area contributed by atoms with E-state index in [1.165, 1.54) is 4.90 Å². The normalized spacial score (nSPS) is 18.7. The fourth-order valence-corrected chi connectivity index (χ4v) is 6.41. The summed E-state index contributed by atoms with van der Waals surface area (Å²) in [4.78, 5) is 31.1. The minimum Gasteiger partial charge on any atom is -0.489 e. The molecular weight excluding hydrogens is 600 g/mol. The van der Waals surface area contributed by atoms with Crippen molar-refractivity contribution in [3.8, 4) is 22.6 Å². The van der Waals surface area contributed by atoms with Crippen LogP contribution in [0, 0.1) is 5.82 Å². The number of morpholine rings is 1. The first-order valence-electron chi connectivity index (χ1n) is 14.0. The number of hydrogen-bond acceptors (Lipinski definition) is 7. The number of amides is 1. The van der Waals surface area contributed by atoms with Gasteiger partial charge in [-0.1, -0.05) is 41.4 Å². The number of benzene rings is 3. The van der Waals surface area contributed by atoms with Crippen molar-refractivity contribution in [2.45, 2.75) is 19.1 Å². The number of halogens is 3. The number of para-hydroxylation sites is 1. The zero-order valence-electron chi connectivity index (χ0n) is 23.4. The van der Waals surface area contributed by atoms with Gasteiger partial charge in [0.25, 0.3) is 5.91 Å². The summed E-state index contributed by atoms with van der Waals surface area (Å²) in [7, 11) is 2.03. The first kappa shape index (κ1) is 29.5. The van der Waals surface area contributed by atoms with Crippen molar-refractivity contribution in [3.63, 3.8) is 0 Å². The molecule has 0 radical (unpaired) electrons. The number of likely N-dealkylation sites (N-methyl/N-ethyl adjacent to an activating group) is 1. The highest BCUT2D eigenvalue weighted by molar-refractivity contribution is 6.39. The van der Waals surface area contributed by atoms with Crippen molar-refractivity contribution in [2.24, 2.45) is 0 Å². The topological polar surface area (TPSA) is 91.8 Å². The van der Waals surface area contributed by atoms with E-state index in [0.717, 1.165) is 25.6 Å². The molecule has 226 valence electrons. The molecule has 3 aromatic rings. The Morgan fingerprint density at radius 2 is 1.79 bits per heavy atom. The molecule has 0 aromatic heterocycles. The van der Waals surface area contributed by atoms with Crippen LogP contribution in [0.15, 0.2) is 42.5 Å². The quantitative estimate of drug-likeness (QED) is 0.387. The van der Waals surface area contributed by atoms with Crippen LogP contribution in [-0.2, 0) is 11.3 Å². The molecule has 6 rings (SSSR count). The fourth-order valence-electron chi connectivity index (χ4n) is 5.79. The standard InChI is InChI=1S/C31H30Cl2FN3O6/c1-35-6-5-19(16-35)43-20-11-24(32)28(25(33)12-20)30(38)37-15-18-3-2-4-21(29(18)42-17-37)22-14-27(36-7-9-41-10-8-36)23(31(39)40)13-26(22)34/h2-4,11-14,19H,5-10,15-17H2,1H3,(H,39,40)/t19-/m1/s1. The van der Waals surface area contributed by atoms with Crippen LogP contribution in [0.4, 0.5) is 10.1 Å². The van der Waals surface area contributed by atoms with Gasteiger partial charge in [0.05, 0.1) is 46.6 Å². The Hall–Kier alpha value is -3.57. The van der Waals surface area contributed by atoms with Crippen molar-refractivity contribution in [1.29, 1.82) is 0 Å². The highest BCUT2D eigenvalue weighted by Gasteiger charge is 2.30. The molecule has 3 aromatic carbocycles. The number of anilines is 1. The lowest BCUT2D eigenvalue weighted by Crippen LogP contribution is -2.37. The molecule has 2 fully saturated rings. The molecule has 3 aliphatic heterocycles. The van der Waals surface area contributed by atoms with Crippen LogP contribution in [0.2, 0.25) is 10.0 Å². The molecule has 1 amide bonds. The van der Waals surface area contributed by atoms with Crippen LogP contribution in [0.3, 0.4) is 0 Å². The second-order valence-electron chi connectivity index (χ2n) is 10.9. The van der Waals surface area contributed by atoms with Gasteiger partial charge in [0, 0.05) is 42.9 Å². The van der Waals surface area contributed by atoms with E-state index in [0.29, 0.717) is 54.6 Å². The number of carbonyl (C=O) groups excluding carboxylic acids is 1. The maximum atomic E-state index is 15.4. The van der Waals surface area contributed by atoms with Crippen LogP contribution in [0.5, 0.6) is 11.5 Å². The summed E-state index contributed by atoms with van der Waals surface area (Å²) in [6.45, 7) is 3.66. The Labute approximate surface area is 258 Å². The molecule has 0 aliphatic carbocycles. The van der Waals surface area contributed by atoms with Gasteiger partial charge >= 0.3 is 5.97 Å². The maximum Gasteiger partial charge on any atom is 0.337 e. The molecule has 0 unspecified atom stereocenters. The predicted molar refractivity (Wildman–Crippen MR) is 160 cm³/mol. The Kier molecular flexibility index (Phi) is 8.37. The number of carboxylic acid groups (broad SMARTS) is 1. The van der Waals surface area contributed by atoms with E-state index in [4.69, 9.17) is 37.4 Å². The van der Waals surface area contributed by atoms with Crippen LogP contribution in [0.1, 0.15) is 32.7 Å². The lowest BCUT2D eigenvalue weighted by molar-refractivity contribution is 0.0516. The Morgan fingerprint density at radius 1 is 1.05 bits per heavy atom. The zero-order chi connectivity index (χ0) is 30.2. The molecule has 0 bridgehead atoms. The Bertz CT molecular complexity index is 1560. The summed E-state index contributed by atoms with van der Waals surface area (Å²) in [6.07, 6.45) is 0.913. The number of aromatic carboxylic acids is 1. The third-order valence-electron chi connectivity index (χ3n) is 7.95. The van der Waals surface area contributed by atoms with Crippen LogP contribution in [-0.4, -0.2) is 86.1 Å². The van der Waals surface area contributed by atoms with Crippen LogP contribution >= 0.6 is 23.2 Å². The number of carboxylic acids is 1. The second kappa shape index (κ2) is 12.2. The summed E-state index contributed by atoms with van der Waals surface area (Å²) in [5, 5.41) is 10.1. The van der Waals surface area contributed by atoms with E-state index in [2.05, 4.69) is 4.90 Å². The van der Waals surface area contributed by atoms with Crippen molar-refractivity contribution >= 4 is 40.8 Å². The van der Waals surface area contributed by atoms with E-state index < -0.39 is 17.7 Å². The van der Waals surface area contributed by atoms with Gasteiger partial charge in [-0.15, -0.1) is 0 Å². The molecule has 12 heteroatoms. The van der Waals surface area contributed by atoms with Gasteiger partial charge in [0.2, 0.25) is 0 Å². The number of hydrogen-bond donors (Lipinski definition) is 1. The van der Waals surface area contributed by atoms with E-state index in [9.17, 15) is 14.7 Å². The van der Waals surface area contributed by atoms with E-state index in [1.54, 1.807) is 36.4 Å². The van der Waals surface area contributed by atoms with Gasteiger partial charge in [-0.3, -0.25) is 4.79 Å². The molecular formula is C31H30Cl2FN3O6. The van der Waals surface area contributed by atoms with Gasteiger partial charge < -0.3 is 34.0 Å². The average Bonchev–Trinajstić information content (AvgIpc) is 3.40. The second-order valence-corrected chi connectivity index (χ2v) is 11.7. The maximum absolute atomic E-state index is 15.4. The average molecular weight is 631 g/mol. The van der Waals surface area contributed by atoms with Gasteiger partial charge in [0.1, 0.15) is 23.4 Å². The number of fused-ring (bicyclic) bond motifs is 1. The number of likely N-dealkylation sites (tertiary alicyclic amines) is 1. The first-order valence-corrected chi connectivity index (χ1v) is 14.7. The van der Waals surface area contributed by atoms with E-state index in [1.807, 2.05) is 11.9 Å². The summed E-state index contributed by atoms with van der Waals surface area (Å²) in [5.74, 6) is -1.39. The number of ether oxygens (including phenoxy) is 3. The number of nitrogens with zero attached hydrogens (tertiary/aromatic N) is 3. The van der Waals surface area contributed by atoms with Crippen LogP contribution in [0.25, 0.3) is 11.1 Å². The molecule has 0 spiro atoms. The van der Waals surface area contributed by atoms with Crippen molar-refractivity contribution in [1.82, 2.24) is 9.80 Å². The fraction of sp³-hybridized carbons (Fsp3) is 0.355. The van der Waals surface area contributed by atoms with Gasteiger partial charge in [-0.05, 0) is 37.7 Å². The first-order chi connectivity index (χ1) is 20.7. The van der Waals surface area contributed by atoms with Gasteiger partial charge in [-0.25, -0.2) is 9.18 Å². The van der Waals surface area contributed by atoms with E-state index in [-0.39, 0.29) is 46.1 Å². The molecule has 9 nitrogen and oxygen atoms in total. The molecule has 1 N–H and O–H groups in total. The lowest BCUT2D eigenvalue weighted by atomic mass is 9.97. The van der Waals surface area contributed by atoms with Crippen molar-refractivity contribution < 1.29 is 33.3 Å². The predicted octanol–water partition coefficient (Wildman–Crippen LogP) is 5.41. The molecule has 0 saturated carbocycles. The minimum atomic E-state index is -1.21. The lowest BCUT2D eigenvalue weighted by Gasteiger charge is -2.32. The third-order valence-corrected chi connectivity index (χ3v) is 8.54. The molecule has 3 heterocycles. The largest absolute Gasteiger partial charge is 0.489 e. The molecule has 2 saturated heterocycles. The summed E-state index contributed by atoms with van der Waals surface area (Å²) in [6, 6.07) is 11.1. The Morgan fingerprint density at radius 3 is 2.47 bits per heavy atom. The van der Waals surface area contributed by atoms with E-state index >= 15 is 4.39 Å².